The van der Waals surface area contributed by atoms with E-state index in [9.17, 15) is 9.59 Å². The first kappa shape index (κ1) is 25.7. The maximum atomic E-state index is 13.2. The molecule has 0 unspecified atom stereocenters. The van der Waals surface area contributed by atoms with Crippen LogP contribution in [0.2, 0.25) is 10.0 Å². The number of ether oxygens (including phenoxy) is 1. The van der Waals surface area contributed by atoms with E-state index in [1.807, 2.05) is 45.0 Å². The molecule has 8 heteroatoms. The molecule has 0 fully saturated rings. The molecule has 0 saturated carbocycles. The lowest BCUT2D eigenvalue weighted by Gasteiger charge is -2.31. The minimum Gasteiger partial charge on any atom is -0.484 e. The van der Waals surface area contributed by atoms with Gasteiger partial charge in [0.2, 0.25) is 5.91 Å². The van der Waals surface area contributed by atoms with Crippen molar-refractivity contribution in [3.05, 3.63) is 61.6 Å². The second kappa shape index (κ2) is 12.5. The Morgan fingerprint density at radius 3 is 2.35 bits per heavy atom. The average molecular weight is 577 g/mol. The predicted molar refractivity (Wildman–Crippen MR) is 134 cm³/mol. The first-order chi connectivity index (χ1) is 14.7. The van der Waals surface area contributed by atoms with Gasteiger partial charge in [0.25, 0.3) is 5.91 Å². The van der Waals surface area contributed by atoms with E-state index in [2.05, 4.69) is 27.9 Å². The quantitative estimate of drug-likeness (QED) is 0.369. The second-order valence-corrected chi connectivity index (χ2v) is 9.33. The van der Waals surface area contributed by atoms with Crippen molar-refractivity contribution in [2.45, 2.75) is 52.2 Å². The van der Waals surface area contributed by atoms with Crippen LogP contribution in [0.3, 0.4) is 0 Å². The number of carbonyl (C=O) groups is 2. The highest BCUT2D eigenvalue weighted by atomic mass is 127. The molecule has 0 bridgehead atoms. The number of amides is 2. The Kier molecular flexibility index (Phi) is 10.4. The van der Waals surface area contributed by atoms with Gasteiger partial charge in [-0.05, 0) is 84.3 Å². The summed E-state index contributed by atoms with van der Waals surface area (Å²) in [6.07, 6.45) is 1.26. The van der Waals surface area contributed by atoms with Gasteiger partial charge in [-0.25, -0.2) is 0 Å². The molecule has 2 amide bonds. The minimum absolute atomic E-state index is 0.0145. The monoisotopic (exact) mass is 576 g/mol. The summed E-state index contributed by atoms with van der Waals surface area (Å²) in [5.41, 5.74) is 0.712. The van der Waals surface area contributed by atoms with Crippen LogP contribution >= 0.6 is 45.8 Å². The molecular formula is C23H27Cl2IN2O3. The summed E-state index contributed by atoms with van der Waals surface area (Å²) >= 11 is 14.6. The molecule has 2 aromatic rings. The maximum absolute atomic E-state index is 13.2. The Balaban J connectivity index is 2.24. The van der Waals surface area contributed by atoms with Crippen LogP contribution < -0.4 is 10.1 Å². The van der Waals surface area contributed by atoms with Crippen LogP contribution in [0.15, 0.2) is 42.5 Å². The number of hydrogen-bond acceptors (Lipinski definition) is 3. The van der Waals surface area contributed by atoms with E-state index >= 15 is 0 Å². The lowest BCUT2D eigenvalue weighted by molar-refractivity contribution is -0.143. The van der Waals surface area contributed by atoms with Gasteiger partial charge in [-0.1, -0.05) is 43.1 Å². The first-order valence-corrected chi connectivity index (χ1v) is 12.0. The molecule has 1 N–H and O–H groups in total. The van der Waals surface area contributed by atoms with Crippen LogP contribution in [-0.4, -0.2) is 35.4 Å². The van der Waals surface area contributed by atoms with E-state index in [1.54, 1.807) is 18.2 Å². The third-order valence-corrected chi connectivity index (χ3v) is 6.22. The van der Waals surface area contributed by atoms with Crippen molar-refractivity contribution < 1.29 is 14.3 Å². The van der Waals surface area contributed by atoms with Crippen molar-refractivity contribution in [1.82, 2.24) is 10.2 Å². The fraction of sp³-hybridized carbons (Fsp3) is 0.391. The Morgan fingerprint density at radius 1 is 1.10 bits per heavy atom. The zero-order valence-electron chi connectivity index (χ0n) is 17.8. The zero-order valence-corrected chi connectivity index (χ0v) is 21.5. The smallest absolute Gasteiger partial charge is 0.261 e. The normalized spacial score (nSPS) is 12.7. The SMILES string of the molecule is CC[C@@H](C)NC(=O)[C@H](CC)N(Cc1ccc(Cl)cc1Cl)C(=O)COc1ccc(I)cc1. The maximum Gasteiger partial charge on any atom is 0.261 e. The van der Waals surface area contributed by atoms with Gasteiger partial charge in [-0.15, -0.1) is 0 Å². The molecule has 168 valence electrons. The van der Waals surface area contributed by atoms with E-state index in [4.69, 9.17) is 27.9 Å². The molecule has 0 aromatic heterocycles. The fourth-order valence-corrected chi connectivity index (χ4v) is 3.78. The van der Waals surface area contributed by atoms with Gasteiger partial charge >= 0.3 is 0 Å². The highest BCUT2D eigenvalue weighted by Crippen LogP contribution is 2.24. The summed E-state index contributed by atoms with van der Waals surface area (Å²) in [5.74, 6) is 0.107. The number of hydrogen-bond donors (Lipinski definition) is 1. The van der Waals surface area contributed by atoms with Gasteiger partial charge in [0.1, 0.15) is 11.8 Å². The topological polar surface area (TPSA) is 58.6 Å². The molecule has 0 aliphatic rings. The van der Waals surface area contributed by atoms with E-state index < -0.39 is 6.04 Å². The second-order valence-electron chi connectivity index (χ2n) is 7.24. The van der Waals surface area contributed by atoms with Crippen molar-refractivity contribution in [2.24, 2.45) is 0 Å². The Hall–Kier alpha value is -1.51. The van der Waals surface area contributed by atoms with E-state index in [0.29, 0.717) is 27.8 Å². The lowest BCUT2D eigenvalue weighted by atomic mass is 10.1. The number of halogens is 3. The third-order valence-electron chi connectivity index (χ3n) is 4.92. The van der Waals surface area contributed by atoms with Crippen molar-refractivity contribution in [1.29, 1.82) is 0 Å². The van der Waals surface area contributed by atoms with Crippen molar-refractivity contribution in [2.75, 3.05) is 6.61 Å². The van der Waals surface area contributed by atoms with Gasteiger partial charge in [-0.3, -0.25) is 9.59 Å². The summed E-state index contributed by atoms with van der Waals surface area (Å²) in [5, 5.41) is 3.93. The van der Waals surface area contributed by atoms with Gasteiger partial charge in [0.05, 0.1) is 0 Å². The molecule has 0 saturated heterocycles. The predicted octanol–water partition coefficient (Wildman–Crippen LogP) is 5.70. The molecule has 2 atom stereocenters. The number of nitrogens with zero attached hydrogens (tertiary/aromatic N) is 1. The summed E-state index contributed by atoms with van der Waals surface area (Å²) in [7, 11) is 0. The molecule has 0 aliphatic heterocycles. The van der Waals surface area contributed by atoms with Crippen LogP contribution in [0.4, 0.5) is 0 Å². The molecule has 5 nitrogen and oxygen atoms in total. The number of carbonyl (C=O) groups excluding carboxylic acids is 2. The number of benzene rings is 2. The highest BCUT2D eigenvalue weighted by molar-refractivity contribution is 14.1. The highest BCUT2D eigenvalue weighted by Gasteiger charge is 2.30. The van der Waals surface area contributed by atoms with Crippen molar-refractivity contribution >= 4 is 57.6 Å². The zero-order chi connectivity index (χ0) is 23.0. The van der Waals surface area contributed by atoms with Crippen LogP contribution in [0, 0.1) is 3.57 Å². The Morgan fingerprint density at radius 2 is 1.77 bits per heavy atom. The van der Waals surface area contributed by atoms with Gasteiger partial charge in [-0.2, -0.15) is 0 Å². The van der Waals surface area contributed by atoms with E-state index in [0.717, 1.165) is 9.99 Å². The molecule has 2 aromatic carbocycles. The summed E-state index contributed by atoms with van der Waals surface area (Å²) in [6, 6.07) is 11.9. The van der Waals surface area contributed by atoms with Gasteiger partial charge in [0.15, 0.2) is 6.61 Å². The summed E-state index contributed by atoms with van der Waals surface area (Å²) < 4.78 is 6.76. The minimum atomic E-state index is -0.645. The third kappa shape index (κ3) is 7.84. The molecule has 31 heavy (non-hydrogen) atoms. The molecular weight excluding hydrogens is 550 g/mol. The standard InChI is InChI=1S/C23H27Cl2IN2O3/c1-4-15(3)27-23(30)21(5-2)28(13-16-6-7-17(24)12-20(16)25)22(29)14-31-19-10-8-18(26)9-11-19/h6-12,15,21H,4-5,13-14H2,1-3H3,(H,27,30)/t15-,21+/m1/s1. The molecule has 0 spiro atoms. The van der Waals surface area contributed by atoms with Gasteiger partial charge in [0, 0.05) is 26.2 Å². The van der Waals surface area contributed by atoms with Crippen LogP contribution in [0.25, 0.3) is 0 Å². The largest absolute Gasteiger partial charge is 0.484 e. The Bertz CT molecular complexity index is 893. The van der Waals surface area contributed by atoms with Crippen LogP contribution in [-0.2, 0) is 16.1 Å². The fourth-order valence-electron chi connectivity index (χ4n) is 2.95. The van der Waals surface area contributed by atoms with Crippen molar-refractivity contribution in [3.8, 4) is 5.75 Å². The molecule has 0 radical (unpaired) electrons. The van der Waals surface area contributed by atoms with Crippen LogP contribution in [0.1, 0.15) is 39.2 Å². The van der Waals surface area contributed by atoms with Gasteiger partial charge < -0.3 is 15.0 Å². The number of nitrogens with one attached hydrogen (secondary N) is 1. The Labute approximate surface area is 207 Å². The van der Waals surface area contributed by atoms with Crippen molar-refractivity contribution in [3.63, 3.8) is 0 Å². The average Bonchev–Trinajstić information content (AvgIpc) is 2.74. The molecule has 0 aliphatic carbocycles. The molecule has 2 rings (SSSR count). The van der Waals surface area contributed by atoms with Crippen LogP contribution in [0.5, 0.6) is 5.75 Å². The number of rotatable bonds is 10. The van der Waals surface area contributed by atoms with E-state index in [1.165, 1.54) is 4.90 Å². The summed E-state index contributed by atoms with van der Waals surface area (Å²) in [6.45, 7) is 5.81. The lowest BCUT2D eigenvalue weighted by Crippen LogP contribution is -2.51. The molecule has 0 heterocycles. The van der Waals surface area contributed by atoms with E-state index in [-0.39, 0.29) is 31.0 Å². The summed E-state index contributed by atoms with van der Waals surface area (Å²) in [4.78, 5) is 27.6. The first-order valence-electron chi connectivity index (χ1n) is 10.2.